The third kappa shape index (κ3) is 7.53. The highest BCUT2D eigenvalue weighted by atomic mass is 32.2. The quantitative estimate of drug-likeness (QED) is 0.631. The molecule has 1 aliphatic carbocycles. The molecule has 0 saturated heterocycles. The van der Waals surface area contributed by atoms with Gasteiger partial charge in [-0.1, -0.05) is 19.3 Å². The molecule has 16 heavy (non-hydrogen) atoms. The van der Waals surface area contributed by atoms with Gasteiger partial charge >= 0.3 is 0 Å². The van der Waals surface area contributed by atoms with Gasteiger partial charge in [-0.05, 0) is 38.0 Å². The number of hydrogen-bond acceptors (Lipinski definition) is 3. The third-order valence-corrected chi connectivity index (χ3v) is 4.60. The summed E-state index contributed by atoms with van der Waals surface area (Å²) in [7, 11) is 1.75. The predicted molar refractivity (Wildman–Crippen MR) is 73.3 cm³/mol. The molecule has 0 aliphatic heterocycles. The molecule has 2 nitrogen and oxygen atoms in total. The minimum Gasteiger partial charge on any atom is -0.383 e. The van der Waals surface area contributed by atoms with Crippen molar-refractivity contribution in [1.29, 1.82) is 0 Å². The van der Waals surface area contributed by atoms with Crippen molar-refractivity contribution in [3.05, 3.63) is 0 Å². The molecule has 0 aromatic heterocycles. The highest BCUT2D eigenvalue weighted by Crippen LogP contribution is 2.28. The Kier molecular flexibility index (Phi) is 9.34. The summed E-state index contributed by atoms with van der Waals surface area (Å²) in [6, 6.07) is 0. The Balaban J connectivity index is 1.77. The van der Waals surface area contributed by atoms with E-state index in [1.165, 1.54) is 50.7 Å². The first-order chi connectivity index (χ1) is 7.93. The zero-order valence-corrected chi connectivity index (χ0v) is 11.5. The SMILES string of the molecule is COCCNCCCCSC1CCCCC1. The monoisotopic (exact) mass is 245 g/mol. The first kappa shape index (κ1) is 14.3. The molecule has 0 bridgehead atoms. The van der Waals surface area contributed by atoms with Gasteiger partial charge in [0, 0.05) is 18.9 Å². The largest absolute Gasteiger partial charge is 0.383 e. The lowest BCUT2D eigenvalue weighted by atomic mass is 10.0. The lowest BCUT2D eigenvalue weighted by Crippen LogP contribution is -2.20. The van der Waals surface area contributed by atoms with E-state index in [2.05, 4.69) is 17.1 Å². The minimum absolute atomic E-state index is 0.830. The molecule has 1 saturated carbocycles. The highest BCUT2D eigenvalue weighted by molar-refractivity contribution is 7.99. The second-order valence-corrected chi connectivity index (χ2v) is 5.99. The van der Waals surface area contributed by atoms with Crippen LogP contribution in [-0.2, 0) is 4.74 Å². The molecule has 1 rings (SSSR count). The Labute approximate surface area is 105 Å². The molecule has 0 spiro atoms. The molecule has 3 heteroatoms. The van der Waals surface area contributed by atoms with E-state index in [4.69, 9.17) is 4.74 Å². The van der Waals surface area contributed by atoms with Gasteiger partial charge in [0.2, 0.25) is 0 Å². The molecule has 1 aliphatic rings. The molecule has 0 atom stereocenters. The van der Waals surface area contributed by atoms with Crippen molar-refractivity contribution in [3.63, 3.8) is 0 Å². The first-order valence-electron chi connectivity index (χ1n) is 6.74. The normalized spacial score (nSPS) is 17.8. The predicted octanol–water partition coefficient (Wildman–Crippen LogP) is 3.07. The van der Waals surface area contributed by atoms with Crippen molar-refractivity contribution in [1.82, 2.24) is 5.32 Å². The van der Waals surface area contributed by atoms with Crippen LogP contribution in [0, 0.1) is 0 Å². The molecule has 0 aromatic rings. The fourth-order valence-corrected chi connectivity index (χ4v) is 3.50. The van der Waals surface area contributed by atoms with E-state index < -0.39 is 0 Å². The van der Waals surface area contributed by atoms with Crippen LogP contribution in [0.4, 0.5) is 0 Å². The number of hydrogen-bond donors (Lipinski definition) is 1. The molecule has 1 fully saturated rings. The van der Waals surface area contributed by atoms with Gasteiger partial charge in [0.15, 0.2) is 0 Å². The minimum atomic E-state index is 0.830. The Morgan fingerprint density at radius 3 is 2.69 bits per heavy atom. The van der Waals surface area contributed by atoms with Crippen LogP contribution in [0.3, 0.4) is 0 Å². The average molecular weight is 245 g/mol. The van der Waals surface area contributed by atoms with Crippen LogP contribution in [-0.4, -0.2) is 37.8 Å². The molecule has 0 aromatic carbocycles. The highest BCUT2D eigenvalue weighted by Gasteiger charge is 2.12. The van der Waals surface area contributed by atoms with Gasteiger partial charge in [0.25, 0.3) is 0 Å². The van der Waals surface area contributed by atoms with Crippen molar-refractivity contribution in [2.75, 3.05) is 32.6 Å². The zero-order chi connectivity index (χ0) is 11.5. The molecular formula is C13H27NOS. The molecule has 96 valence electrons. The second-order valence-electron chi connectivity index (χ2n) is 4.58. The maximum absolute atomic E-state index is 4.98. The van der Waals surface area contributed by atoms with E-state index in [0.717, 1.165) is 24.9 Å². The summed E-state index contributed by atoms with van der Waals surface area (Å²) in [4.78, 5) is 0. The fraction of sp³-hybridized carbons (Fsp3) is 1.00. The smallest absolute Gasteiger partial charge is 0.0587 e. The zero-order valence-electron chi connectivity index (χ0n) is 10.7. The van der Waals surface area contributed by atoms with Gasteiger partial charge in [0.05, 0.1) is 6.61 Å². The van der Waals surface area contributed by atoms with Gasteiger partial charge < -0.3 is 10.1 Å². The number of nitrogens with one attached hydrogen (secondary N) is 1. The lowest BCUT2D eigenvalue weighted by Gasteiger charge is -2.20. The Morgan fingerprint density at radius 2 is 1.94 bits per heavy atom. The van der Waals surface area contributed by atoms with Crippen LogP contribution in [0.25, 0.3) is 0 Å². The summed E-state index contributed by atoms with van der Waals surface area (Å²) in [6.07, 6.45) is 10.0. The van der Waals surface area contributed by atoms with Crippen molar-refractivity contribution in [3.8, 4) is 0 Å². The molecule has 0 radical (unpaired) electrons. The van der Waals surface area contributed by atoms with Crippen molar-refractivity contribution in [2.45, 2.75) is 50.2 Å². The van der Waals surface area contributed by atoms with E-state index in [1.807, 2.05) is 0 Å². The molecule has 0 amide bonds. The summed E-state index contributed by atoms with van der Waals surface area (Å²) >= 11 is 2.21. The molecule has 0 unspecified atom stereocenters. The van der Waals surface area contributed by atoms with Crippen molar-refractivity contribution < 1.29 is 4.74 Å². The van der Waals surface area contributed by atoms with Crippen LogP contribution in [0.15, 0.2) is 0 Å². The number of ether oxygens (including phenoxy) is 1. The summed E-state index contributed by atoms with van der Waals surface area (Å²) in [6.45, 7) is 2.97. The van der Waals surface area contributed by atoms with E-state index >= 15 is 0 Å². The van der Waals surface area contributed by atoms with Gasteiger partial charge in [-0.3, -0.25) is 0 Å². The fourth-order valence-electron chi connectivity index (χ4n) is 2.13. The molecule has 1 N–H and O–H groups in total. The maximum atomic E-state index is 4.98. The summed E-state index contributed by atoms with van der Waals surface area (Å²) < 4.78 is 4.98. The van der Waals surface area contributed by atoms with Crippen LogP contribution in [0.1, 0.15) is 44.9 Å². The Bertz CT molecular complexity index is 149. The lowest BCUT2D eigenvalue weighted by molar-refractivity contribution is 0.199. The number of rotatable bonds is 9. The van der Waals surface area contributed by atoms with Crippen LogP contribution in [0.2, 0.25) is 0 Å². The standard InChI is InChI=1S/C13H27NOS/c1-15-11-10-14-9-5-6-12-16-13-7-3-2-4-8-13/h13-14H,2-12H2,1H3. The van der Waals surface area contributed by atoms with E-state index in [0.29, 0.717) is 0 Å². The van der Waals surface area contributed by atoms with Crippen LogP contribution < -0.4 is 5.32 Å². The van der Waals surface area contributed by atoms with Crippen LogP contribution in [0.5, 0.6) is 0 Å². The number of unbranched alkanes of at least 4 members (excludes halogenated alkanes) is 1. The van der Waals surface area contributed by atoms with E-state index in [1.54, 1.807) is 7.11 Å². The Morgan fingerprint density at radius 1 is 1.12 bits per heavy atom. The third-order valence-electron chi connectivity index (χ3n) is 3.14. The average Bonchev–Trinajstić information content (AvgIpc) is 2.34. The van der Waals surface area contributed by atoms with Crippen molar-refractivity contribution in [2.24, 2.45) is 0 Å². The van der Waals surface area contributed by atoms with E-state index in [9.17, 15) is 0 Å². The topological polar surface area (TPSA) is 21.3 Å². The van der Waals surface area contributed by atoms with Gasteiger partial charge in [-0.15, -0.1) is 0 Å². The summed E-state index contributed by atoms with van der Waals surface area (Å²) in [5.41, 5.74) is 0. The van der Waals surface area contributed by atoms with E-state index in [-0.39, 0.29) is 0 Å². The maximum Gasteiger partial charge on any atom is 0.0587 e. The van der Waals surface area contributed by atoms with Gasteiger partial charge in [0.1, 0.15) is 0 Å². The van der Waals surface area contributed by atoms with Crippen LogP contribution >= 0.6 is 11.8 Å². The molecule has 0 heterocycles. The number of methoxy groups -OCH3 is 1. The summed E-state index contributed by atoms with van der Waals surface area (Å²) in [5, 5.41) is 4.37. The molecular weight excluding hydrogens is 218 g/mol. The first-order valence-corrected chi connectivity index (χ1v) is 7.79. The number of thioether (sulfide) groups is 1. The summed E-state index contributed by atoms with van der Waals surface area (Å²) in [5.74, 6) is 1.36. The van der Waals surface area contributed by atoms with Crippen molar-refractivity contribution >= 4 is 11.8 Å². The van der Waals surface area contributed by atoms with Gasteiger partial charge in [-0.25, -0.2) is 0 Å². The van der Waals surface area contributed by atoms with Gasteiger partial charge in [-0.2, -0.15) is 11.8 Å². The Hall–Kier alpha value is 0.270. The second kappa shape index (κ2) is 10.4.